The number of carbonyl (C=O) groups is 2. The molecule has 0 radical (unpaired) electrons. The van der Waals surface area contributed by atoms with Crippen LogP contribution in [0, 0.1) is 0 Å². The van der Waals surface area contributed by atoms with Crippen LogP contribution in [0.3, 0.4) is 0 Å². The summed E-state index contributed by atoms with van der Waals surface area (Å²) in [4.78, 5) is 26.5. The standard InChI is InChI=1S/C14H26N2O4/c1-6-8-15(10-11-20-5)13(19)16(14(2,3)4)9-7-12(17)18/h6H,1,7-11H2,2-5H3,(H,17,18). The smallest absolute Gasteiger partial charge is 0.320 e. The van der Waals surface area contributed by atoms with Crippen molar-refractivity contribution in [2.75, 3.05) is 33.4 Å². The number of amides is 2. The van der Waals surface area contributed by atoms with E-state index in [4.69, 9.17) is 9.84 Å². The molecule has 0 saturated heterocycles. The van der Waals surface area contributed by atoms with Crippen LogP contribution in [0.25, 0.3) is 0 Å². The molecule has 0 bridgehead atoms. The number of methoxy groups -OCH3 is 1. The highest BCUT2D eigenvalue weighted by atomic mass is 16.5. The zero-order chi connectivity index (χ0) is 15.8. The molecule has 6 nitrogen and oxygen atoms in total. The van der Waals surface area contributed by atoms with Gasteiger partial charge in [0.05, 0.1) is 13.0 Å². The van der Waals surface area contributed by atoms with Gasteiger partial charge >= 0.3 is 12.0 Å². The molecule has 0 fully saturated rings. The Morgan fingerprint density at radius 2 is 1.90 bits per heavy atom. The van der Waals surface area contributed by atoms with Gasteiger partial charge in [0.2, 0.25) is 0 Å². The fourth-order valence-electron chi connectivity index (χ4n) is 1.72. The van der Waals surface area contributed by atoms with Crippen molar-refractivity contribution in [3.8, 4) is 0 Å². The van der Waals surface area contributed by atoms with Gasteiger partial charge in [0.15, 0.2) is 0 Å². The average Bonchev–Trinajstić information content (AvgIpc) is 2.32. The van der Waals surface area contributed by atoms with E-state index in [1.807, 2.05) is 20.8 Å². The van der Waals surface area contributed by atoms with Crippen LogP contribution >= 0.6 is 0 Å². The number of hydrogen-bond acceptors (Lipinski definition) is 3. The van der Waals surface area contributed by atoms with Crippen molar-refractivity contribution < 1.29 is 19.4 Å². The number of nitrogens with zero attached hydrogens (tertiary/aromatic N) is 2. The summed E-state index contributed by atoms with van der Waals surface area (Å²) in [6.45, 7) is 10.7. The van der Waals surface area contributed by atoms with Crippen molar-refractivity contribution in [2.24, 2.45) is 0 Å². The van der Waals surface area contributed by atoms with Gasteiger partial charge in [-0.2, -0.15) is 0 Å². The molecule has 0 spiro atoms. The first-order valence-electron chi connectivity index (χ1n) is 6.62. The van der Waals surface area contributed by atoms with E-state index in [0.717, 1.165) is 0 Å². The first kappa shape index (κ1) is 18.4. The van der Waals surface area contributed by atoms with E-state index < -0.39 is 11.5 Å². The van der Waals surface area contributed by atoms with Gasteiger partial charge in [0.25, 0.3) is 0 Å². The number of carboxylic acid groups (broad SMARTS) is 1. The lowest BCUT2D eigenvalue weighted by molar-refractivity contribution is -0.137. The molecule has 2 amide bonds. The fraction of sp³-hybridized carbons (Fsp3) is 0.714. The van der Waals surface area contributed by atoms with Crippen molar-refractivity contribution in [1.29, 1.82) is 0 Å². The van der Waals surface area contributed by atoms with E-state index in [9.17, 15) is 9.59 Å². The minimum atomic E-state index is -0.917. The third-order valence-electron chi connectivity index (χ3n) is 2.78. The Balaban J connectivity index is 4.95. The highest BCUT2D eigenvalue weighted by Crippen LogP contribution is 2.16. The number of aliphatic carboxylic acids is 1. The maximum atomic E-state index is 12.6. The van der Waals surface area contributed by atoms with Gasteiger partial charge in [-0.15, -0.1) is 6.58 Å². The summed E-state index contributed by atoms with van der Waals surface area (Å²) in [6, 6.07) is -0.198. The van der Waals surface area contributed by atoms with E-state index in [1.165, 1.54) is 0 Å². The second-order valence-electron chi connectivity index (χ2n) is 5.48. The number of ether oxygens (including phenoxy) is 1. The molecule has 1 N–H and O–H groups in total. The molecule has 20 heavy (non-hydrogen) atoms. The monoisotopic (exact) mass is 286 g/mol. The molecule has 0 aliphatic rings. The lowest BCUT2D eigenvalue weighted by Gasteiger charge is -2.39. The molecule has 0 unspecified atom stereocenters. The summed E-state index contributed by atoms with van der Waals surface area (Å²) in [5, 5.41) is 8.81. The molecule has 116 valence electrons. The van der Waals surface area contributed by atoms with Crippen molar-refractivity contribution in [3.63, 3.8) is 0 Å². The second-order valence-corrected chi connectivity index (χ2v) is 5.48. The van der Waals surface area contributed by atoms with Gasteiger partial charge in [0.1, 0.15) is 0 Å². The van der Waals surface area contributed by atoms with Crippen LogP contribution in [0.5, 0.6) is 0 Å². The number of carboxylic acids is 1. The molecule has 0 aromatic carbocycles. The first-order chi connectivity index (χ1) is 9.23. The highest BCUT2D eigenvalue weighted by Gasteiger charge is 2.29. The van der Waals surface area contributed by atoms with Gasteiger partial charge in [0, 0.05) is 32.3 Å². The minimum Gasteiger partial charge on any atom is -0.481 e. The molecule has 0 aromatic rings. The van der Waals surface area contributed by atoms with E-state index in [-0.39, 0.29) is 19.0 Å². The molecular weight excluding hydrogens is 260 g/mol. The van der Waals surface area contributed by atoms with Crippen molar-refractivity contribution in [2.45, 2.75) is 32.7 Å². The molecule has 0 aliphatic heterocycles. The molecular formula is C14H26N2O4. The maximum absolute atomic E-state index is 12.6. The zero-order valence-corrected chi connectivity index (χ0v) is 12.9. The summed E-state index contributed by atoms with van der Waals surface area (Å²) in [6.07, 6.45) is 1.57. The Kier molecular flexibility index (Phi) is 7.91. The predicted octanol–water partition coefficient (Wildman–Crippen LogP) is 1.82. The third-order valence-corrected chi connectivity index (χ3v) is 2.78. The lowest BCUT2D eigenvalue weighted by Crippen LogP contribution is -2.53. The molecule has 0 heterocycles. The number of urea groups is 1. The number of carbonyl (C=O) groups excluding carboxylic acids is 1. The van der Waals surface area contributed by atoms with Crippen LogP contribution in [-0.2, 0) is 9.53 Å². The van der Waals surface area contributed by atoms with Crippen molar-refractivity contribution in [3.05, 3.63) is 12.7 Å². The van der Waals surface area contributed by atoms with Gasteiger partial charge < -0.3 is 19.6 Å². The van der Waals surface area contributed by atoms with Gasteiger partial charge in [-0.1, -0.05) is 6.08 Å². The van der Waals surface area contributed by atoms with Crippen LogP contribution in [0.4, 0.5) is 4.79 Å². The van der Waals surface area contributed by atoms with E-state index in [0.29, 0.717) is 19.7 Å². The Bertz CT molecular complexity index is 337. The summed E-state index contributed by atoms with van der Waals surface area (Å²) < 4.78 is 4.99. The number of rotatable bonds is 8. The van der Waals surface area contributed by atoms with Gasteiger partial charge in [-0.05, 0) is 20.8 Å². The lowest BCUT2D eigenvalue weighted by atomic mass is 10.1. The van der Waals surface area contributed by atoms with E-state index in [2.05, 4.69) is 6.58 Å². The summed E-state index contributed by atoms with van der Waals surface area (Å²) in [5.74, 6) is -0.917. The minimum absolute atomic E-state index is 0.0742. The summed E-state index contributed by atoms with van der Waals surface area (Å²) in [7, 11) is 1.57. The molecule has 0 aliphatic carbocycles. The highest BCUT2D eigenvalue weighted by molar-refractivity contribution is 5.76. The van der Waals surface area contributed by atoms with E-state index >= 15 is 0 Å². The topological polar surface area (TPSA) is 70.1 Å². The van der Waals surface area contributed by atoms with E-state index in [1.54, 1.807) is 23.0 Å². The second kappa shape index (κ2) is 8.58. The average molecular weight is 286 g/mol. The predicted molar refractivity (Wildman–Crippen MR) is 77.8 cm³/mol. The summed E-state index contributed by atoms with van der Waals surface area (Å²) >= 11 is 0. The first-order valence-corrected chi connectivity index (χ1v) is 6.62. The normalized spacial score (nSPS) is 11.0. The van der Waals surface area contributed by atoms with Crippen LogP contribution in [0.2, 0.25) is 0 Å². The SMILES string of the molecule is C=CCN(CCOC)C(=O)N(CCC(=O)O)C(C)(C)C. The van der Waals surface area contributed by atoms with Crippen molar-refractivity contribution in [1.82, 2.24) is 9.80 Å². The summed E-state index contributed by atoms with van der Waals surface area (Å²) in [5.41, 5.74) is -0.445. The van der Waals surface area contributed by atoms with Gasteiger partial charge in [-0.3, -0.25) is 4.79 Å². The Hall–Kier alpha value is -1.56. The maximum Gasteiger partial charge on any atom is 0.320 e. The van der Waals surface area contributed by atoms with Crippen LogP contribution in [0.15, 0.2) is 12.7 Å². The molecule has 6 heteroatoms. The fourth-order valence-corrected chi connectivity index (χ4v) is 1.72. The van der Waals surface area contributed by atoms with Crippen LogP contribution in [0.1, 0.15) is 27.2 Å². The molecule has 0 aromatic heterocycles. The third kappa shape index (κ3) is 6.56. The van der Waals surface area contributed by atoms with Crippen LogP contribution < -0.4 is 0 Å². The van der Waals surface area contributed by atoms with Crippen LogP contribution in [-0.4, -0.2) is 65.8 Å². The zero-order valence-electron chi connectivity index (χ0n) is 12.9. The Labute approximate surface area is 121 Å². The Morgan fingerprint density at radius 3 is 2.30 bits per heavy atom. The van der Waals surface area contributed by atoms with Crippen molar-refractivity contribution >= 4 is 12.0 Å². The largest absolute Gasteiger partial charge is 0.481 e. The molecule has 0 atom stereocenters. The molecule has 0 saturated carbocycles. The quantitative estimate of drug-likeness (QED) is 0.691. The molecule has 0 rings (SSSR count). The Morgan fingerprint density at radius 1 is 1.30 bits per heavy atom. The van der Waals surface area contributed by atoms with Gasteiger partial charge in [-0.25, -0.2) is 4.79 Å². The number of hydrogen-bond donors (Lipinski definition) is 1.